The van der Waals surface area contributed by atoms with Crippen molar-refractivity contribution in [1.29, 1.82) is 0 Å². The highest BCUT2D eigenvalue weighted by molar-refractivity contribution is 6.62. The summed E-state index contributed by atoms with van der Waals surface area (Å²) in [5.74, 6) is 2.19. The lowest BCUT2D eigenvalue weighted by Crippen LogP contribution is -2.61. The third-order valence-electron chi connectivity index (χ3n) is 12.5. The van der Waals surface area contributed by atoms with E-state index in [4.69, 9.17) is 14.0 Å². The van der Waals surface area contributed by atoms with E-state index in [2.05, 4.69) is 55.7 Å². The van der Waals surface area contributed by atoms with Gasteiger partial charge < -0.3 is 23.8 Å². The summed E-state index contributed by atoms with van der Waals surface area (Å²) in [7, 11) is -0.465. The van der Waals surface area contributed by atoms with Crippen LogP contribution in [0.1, 0.15) is 78.7 Å². The van der Waals surface area contributed by atoms with E-state index < -0.39 is 29.2 Å². The van der Waals surface area contributed by atoms with E-state index in [0.29, 0.717) is 45.2 Å². The molecule has 0 unspecified atom stereocenters. The van der Waals surface area contributed by atoms with Crippen LogP contribution in [0.3, 0.4) is 0 Å². The summed E-state index contributed by atoms with van der Waals surface area (Å²) in [6.45, 7) is 15.0. The Morgan fingerprint density at radius 2 is 1.50 bits per heavy atom. The van der Waals surface area contributed by atoms with Crippen molar-refractivity contribution in [3.05, 3.63) is 23.8 Å². The number of benzene rings is 1. The number of anilines is 1. The molecule has 42 heavy (non-hydrogen) atoms. The number of hydrogen-bond acceptors (Lipinski definition) is 6. The van der Waals surface area contributed by atoms with Crippen molar-refractivity contribution >= 4 is 30.1 Å². The second kappa shape index (κ2) is 9.05. The predicted octanol–water partition coefficient (Wildman–Crippen LogP) is 3.10. The normalized spacial score (nSPS) is 35.5. The zero-order chi connectivity index (χ0) is 29.2. The Morgan fingerprint density at radius 1 is 0.881 bits per heavy atom. The van der Waals surface area contributed by atoms with Gasteiger partial charge in [0.15, 0.2) is 0 Å². The zero-order valence-corrected chi connectivity index (χ0v) is 26.0. The van der Waals surface area contributed by atoms with E-state index in [-0.39, 0.29) is 17.9 Å². The topological polar surface area (TPSA) is 71.6 Å². The van der Waals surface area contributed by atoms with Gasteiger partial charge in [-0.2, -0.15) is 0 Å². The van der Waals surface area contributed by atoms with Gasteiger partial charge in [-0.15, -0.1) is 0 Å². The van der Waals surface area contributed by atoms with Crippen molar-refractivity contribution in [2.24, 2.45) is 17.3 Å². The number of rotatable bonds is 4. The average Bonchev–Trinajstić information content (AvgIpc) is 3.26. The zero-order valence-electron chi connectivity index (χ0n) is 26.0. The number of piperidine rings is 3. The van der Waals surface area contributed by atoms with Crippen molar-refractivity contribution < 1.29 is 23.6 Å². The van der Waals surface area contributed by atoms with Crippen LogP contribution < -0.4 is 10.4 Å². The van der Waals surface area contributed by atoms with E-state index in [9.17, 15) is 9.59 Å². The van der Waals surface area contributed by atoms with Crippen LogP contribution in [0.25, 0.3) is 0 Å². The second-order valence-electron chi connectivity index (χ2n) is 15.9. The summed E-state index contributed by atoms with van der Waals surface area (Å²) in [6.07, 6.45) is 6.26. The van der Waals surface area contributed by atoms with Crippen molar-refractivity contribution in [3.8, 4) is 0 Å². The lowest BCUT2D eigenvalue weighted by molar-refractivity contribution is -0.170. The molecule has 1 aromatic carbocycles. The summed E-state index contributed by atoms with van der Waals surface area (Å²) in [4.78, 5) is 34.8. The molecule has 6 heterocycles. The molecule has 5 saturated heterocycles. The minimum absolute atomic E-state index is 0.170. The fourth-order valence-corrected chi connectivity index (χ4v) is 8.86. The Balaban J connectivity index is 1.07. The maximum atomic E-state index is 14.6. The molecule has 7 fully saturated rings. The highest BCUT2D eigenvalue weighted by Gasteiger charge is 2.58. The van der Waals surface area contributed by atoms with Gasteiger partial charge in [-0.3, -0.25) is 14.5 Å². The molecule has 6 aliphatic heterocycles. The van der Waals surface area contributed by atoms with Crippen LogP contribution in [-0.4, -0.2) is 91.4 Å². The monoisotopic (exact) mass is 575 g/mol. The Kier molecular flexibility index (Phi) is 5.95. The summed E-state index contributed by atoms with van der Waals surface area (Å²) in [5.41, 5.74) is 1.30. The van der Waals surface area contributed by atoms with E-state index in [0.717, 1.165) is 41.4 Å². The van der Waals surface area contributed by atoms with Crippen LogP contribution in [-0.2, 0) is 29.0 Å². The molecule has 2 aliphatic carbocycles. The number of nitrogens with zero attached hydrogens (tertiary/aromatic N) is 3. The Morgan fingerprint density at radius 3 is 2.07 bits per heavy atom. The molecular weight excluding hydrogens is 529 g/mol. The fourth-order valence-electron chi connectivity index (χ4n) is 8.86. The smallest absolute Gasteiger partial charge is 0.399 e. The molecule has 8 aliphatic rings. The quantitative estimate of drug-likeness (QED) is 0.514. The molecule has 9 rings (SSSR count). The van der Waals surface area contributed by atoms with Gasteiger partial charge in [0, 0.05) is 44.0 Å². The summed E-state index contributed by atoms with van der Waals surface area (Å²) in [5, 5.41) is 0. The molecule has 226 valence electrons. The summed E-state index contributed by atoms with van der Waals surface area (Å²) < 4.78 is 18.2. The van der Waals surface area contributed by atoms with Gasteiger partial charge in [0.05, 0.1) is 35.2 Å². The van der Waals surface area contributed by atoms with Gasteiger partial charge in [0.25, 0.3) is 0 Å². The van der Waals surface area contributed by atoms with Gasteiger partial charge in [-0.25, -0.2) is 0 Å². The Bertz CT molecular complexity index is 1280. The van der Waals surface area contributed by atoms with Crippen LogP contribution in [0.4, 0.5) is 5.69 Å². The van der Waals surface area contributed by atoms with Crippen molar-refractivity contribution in [3.63, 3.8) is 0 Å². The van der Waals surface area contributed by atoms with Gasteiger partial charge >= 0.3 is 7.12 Å². The Labute approximate surface area is 250 Å². The molecule has 0 aromatic heterocycles. The molecule has 1 spiro atoms. The molecule has 1 aromatic rings. The summed E-state index contributed by atoms with van der Waals surface area (Å²) >= 11 is 0. The second-order valence-corrected chi connectivity index (χ2v) is 15.9. The highest BCUT2D eigenvalue weighted by Crippen LogP contribution is 2.52. The molecule has 0 N–H and O–H groups in total. The third kappa shape index (κ3) is 3.88. The first-order valence-corrected chi connectivity index (χ1v) is 16.3. The predicted molar refractivity (Wildman–Crippen MR) is 161 cm³/mol. The SMILES string of the molecule is CC1(C(=O)N2CCC3(CC2)C(=O)N(C2CC(N4CC5CC(C5)C4)C2)c2cc(B4OC(C)(C)C(C)(C)O4)ccc23)COC1. The van der Waals surface area contributed by atoms with Crippen molar-refractivity contribution in [1.82, 2.24) is 9.80 Å². The minimum atomic E-state index is -0.574. The van der Waals surface area contributed by atoms with E-state index in [1.54, 1.807) is 0 Å². The first-order chi connectivity index (χ1) is 19.9. The van der Waals surface area contributed by atoms with Crippen LogP contribution in [0.5, 0.6) is 0 Å². The number of carbonyl (C=O) groups excluding carboxylic acids is 2. The van der Waals surface area contributed by atoms with E-state index >= 15 is 0 Å². The molecular formula is C33H46BN3O5. The fraction of sp³-hybridized carbons (Fsp3) is 0.758. The average molecular weight is 576 g/mol. The molecule has 2 bridgehead atoms. The molecule has 0 radical (unpaired) electrons. The molecule has 8 nitrogen and oxygen atoms in total. The van der Waals surface area contributed by atoms with Gasteiger partial charge in [-0.1, -0.05) is 12.1 Å². The van der Waals surface area contributed by atoms with Crippen LogP contribution in [0.2, 0.25) is 0 Å². The number of ether oxygens (including phenoxy) is 1. The van der Waals surface area contributed by atoms with Crippen LogP contribution in [0, 0.1) is 17.3 Å². The maximum Gasteiger partial charge on any atom is 0.494 e. The Hall–Kier alpha value is -1.94. The first kappa shape index (κ1) is 27.6. The minimum Gasteiger partial charge on any atom is -0.399 e. The van der Waals surface area contributed by atoms with Gasteiger partial charge in [0.2, 0.25) is 11.8 Å². The first-order valence-electron chi connectivity index (χ1n) is 16.3. The van der Waals surface area contributed by atoms with Crippen molar-refractivity contribution in [2.45, 2.75) is 102 Å². The summed E-state index contributed by atoms with van der Waals surface area (Å²) in [6, 6.07) is 7.26. The maximum absolute atomic E-state index is 14.6. The highest BCUT2D eigenvalue weighted by atomic mass is 16.7. The molecule has 0 atom stereocenters. The molecule has 2 saturated carbocycles. The molecule has 2 amide bonds. The van der Waals surface area contributed by atoms with Gasteiger partial charge in [0.1, 0.15) is 0 Å². The third-order valence-corrected chi connectivity index (χ3v) is 12.5. The number of amides is 2. The van der Waals surface area contributed by atoms with E-state index in [1.165, 1.54) is 25.9 Å². The number of hydrogen-bond donors (Lipinski definition) is 0. The molecule has 9 heteroatoms. The number of carbonyl (C=O) groups is 2. The lowest BCUT2D eigenvalue weighted by atomic mass is 9.69. The standard InChI is InChI=1S/C33H46BN3O5/c1-30(2)31(3,4)42-34(41-30)23-6-7-26-27(14-23)37(25-15-24(16-25)36-17-21-12-22(13-21)18-36)29(39)33(26)8-10-35(11-9-33)28(38)32(5)19-40-20-32/h6-7,14,21-22,24-25H,8-13,15-20H2,1-5H3. The van der Waals surface area contributed by atoms with Crippen LogP contribution in [0.15, 0.2) is 18.2 Å². The van der Waals surface area contributed by atoms with Crippen LogP contribution >= 0.6 is 0 Å². The largest absolute Gasteiger partial charge is 0.494 e. The van der Waals surface area contributed by atoms with Gasteiger partial charge in [-0.05, 0) is 102 Å². The van der Waals surface area contributed by atoms with E-state index in [1.807, 2.05) is 11.8 Å². The lowest BCUT2D eigenvalue weighted by Gasteiger charge is -2.54. The number of fused-ring (bicyclic) bond motifs is 4. The van der Waals surface area contributed by atoms with Crippen molar-refractivity contribution in [2.75, 3.05) is 44.3 Å². The number of likely N-dealkylation sites (tertiary alicyclic amines) is 1.